The second kappa shape index (κ2) is 6.15. The molecule has 0 bridgehead atoms. The number of nitrogens with zero attached hydrogens (tertiary/aromatic N) is 1. The zero-order valence-corrected chi connectivity index (χ0v) is 13.2. The van der Waals surface area contributed by atoms with Crippen molar-refractivity contribution in [3.63, 3.8) is 0 Å². The molecule has 118 valence electrons. The van der Waals surface area contributed by atoms with Crippen molar-refractivity contribution in [1.82, 2.24) is 15.5 Å². The number of aromatic nitrogens is 2. The second-order valence-electron chi connectivity index (χ2n) is 5.93. The summed E-state index contributed by atoms with van der Waals surface area (Å²) in [5.74, 6) is 0.188. The summed E-state index contributed by atoms with van der Waals surface area (Å²) in [7, 11) is -3.97. The van der Waals surface area contributed by atoms with Crippen LogP contribution in [0.1, 0.15) is 61.6 Å². The van der Waals surface area contributed by atoms with Gasteiger partial charge in [-0.25, -0.2) is 13.6 Å². The van der Waals surface area contributed by atoms with Crippen LogP contribution in [0.3, 0.4) is 0 Å². The van der Waals surface area contributed by atoms with Gasteiger partial charge < -0.3 is 5.32 Å². The molecule has 0 aliphatic heterocycles. The van der Waals surface area contributed by atoms with E-state index in [0.29, 0.717) is 18.2 Å². The van der Waals surface area contributed by atoms with Gasteiger partial charge in [0.2, 0.25) is 10.0 Å². The van der Waals surface area contributed by atoms with Crippen LogP contribution in [0.2, 0.25) is 0 Å². The second-order valence-corrected chi connectivity index (χ2v) is 7.42. The fraction of sp³-hybridized carbons (Fsp3) is 0.692. The summed E-state index contributed by atoms with van der Waals surface area (Å²) in [6, 6.07) is 0. The monoisotopic (exact) mass is 314 g/mol. The van der Waals surface area contributed by atoms with E-state index in [1.54, 1.807) is 0 Å². The maximum Gasteiger partial charge on any atom is 0.273 e. The SMILES string of the molecule is CC(C)CCCNC(=O)c1n[nH]c(C2CC2)c1S(N)(=O)=O. The van der Waals surface area contributed by atoms with Crippen LogP contribution in [-0.4, -0.2) is 31.1 Å². The molecule has 21 heavy (non-hydrogen) atoms. The summed E-state index contributed by atoms with van der Waals surface area (Å²) in [6.07, 6.45) is 3.62. The van der Waals surface area contributed by atoms with E-state index >= 15 is 0 Å². The number of hydrogen-bond donors (Lipinski definition) is 3. The third kappa shape index (κ3) is 4.04. The topological polar surface area (TPSA) is 118 Å². The third-order valence-corrected chi connectivity index (χ3v) is 4.46. The number of rotatable bonds is 7. The van der Waals surface area contributed by atoms with E-state index in [1.165, 1.54) is 0 Å². The molecule has 0 saturated heterocycles. The number of amides is 1. The number of sulfonamides is 1. The Labute approximate surface area is 124 Å². The van der Waals surface area contributed by atoms with E-state index in [0.717, 1.165) is 25.7 Å². The van der Waals surface area contributed by atoms with Crippen LogP contribution in [0, 0.1) is 5.92 Å². The highest BCUT2D eigenvalue weighted by atomic mass is 32.2. The van der Waals surface area contributed by atoms with Gasteiger partial charge in [-0.05, 0) is 31.6 Å². The summed E-state index contributed by atoms with van der Waals surface area (Å²) in [6.45, 7) is 4.71. The Morgan fingerprint density at radius 1 is 1.48 bits per heavy atom. The predicted molar refractivity (Wildman–Crippen MR) is 78.3 cm³/mol. The molecule has 1 fully saturated rings. The molecule has 0 aromatic carbocycles. The number of nitrogens with two attached hydrogens (primary N) is 1. The summed E-state index contributed by atoms with van der Waals surface area (Å²) < 4.78 is 23.5. The Morgan fingerprint density at radius 3 is 2.67 bits per heavy atom. The molecule has 0 unspecified atom stereocenters. The Hall–Kier alpha value is -1.41. The number of carbonyl (C=O) groups excluding carboxylic acids is 1. The molecule has 2 rings (SSSR count). The maximum atomic E-state index is 12.1. The minimum Gasteiger partial charge on any atom is -0.351 e. The number of carbonyl (C=O) groups is 1. The van der Waals surface area contributed by atoms with Crippen LogP contribution >= 0.6 is 0 Å². The molecule has 8 heteroatoms. The van der Waals surface area contributed by atoms with Gasteiger partial charge in [-0.15, -0.1) is 0 Å². The number of primary sulfonamides is 1. The molecule has 1 aliphatic carbocycles. The van der Waals surface area contributed by atoms with E-state index in [-0.39, 0.29) is 16.5 Å². The van der Waals surface area contributed by atoms with Gasteiger partial charge in [-0.1, -0.05) is 13.8 Å². The number of aromatic amines is 1. The lowest BCUT2D eigenvalue weighted by atomic mass is 10.1. The highest BCUT2D eigenvalue weighted by Crippen LogP contribution is 2.42. The van der Waals surface area contributed by atoms with Crippen LogP contribution < -0.4 is 10.5 Å². The number of H-pyrrole nitrogens is 1. The van der Waals surface area contributed by atoms with Gasteiger partial charge in [0.1, 0.15) is 4.90 Å². The molecule has 0 spiro atoms. The van der Waals surface area contributed by atoms with Crippen molar-refractivity contribution in [2.45, 2.75) is 50.3 Å². The molecular formula is C13H22N4O3S. The maximum absolute atomic E-state index is 12.1. The molecule has 4 N–H and O–H groups in total. The Kier molecular flexibility index (Phi) is 4.67. The van der Waals surface area contributed by atoms with Gasteiger partial charge in [-0.2, -0.15) is 5.10 Å². The third-order valence-electron chi connectivity index (χ3n) is 3.48. The van der Waals surface area contributed by atoms with Crippen LogP contribution in [0.4, 0.5) is 0 Å². The van der Waals surface area contributed by atoms with Crippen molar-refractivity contribution in [2.24, 2.45) is 11.1 Å². The van der Waals surface area contributed by atoms with Gasteiger partial charge >= 0.3 is 0 Å². The van der Waals surface area contributed by atoms with Gasteiger partial charge in [0.15, 0.2) is 5.69 Å². The first kappa shape index (κ1) is 16.0. The highest BCUT2D eigenvalue weighted by molar-refractivity contribution is 7.89. The van der Waals surface area contributed by atoms with Gasteiger partial charge in [0, 0.05) is 12.5 Å². The molecule has 1 aromatic rings. The van der Waals surface area contributed by atoms with Crippen molar-refractivity contribution in [1.29, 1.82) is 0 Å². The minimum atomic E-state index is -3.97. The van der Waals surface area contributed by atoms with Crippen molar-refractivity contribution in [3.8, 4) is 0 Å². The first-order valence-electron chi connectivity index (χ1n) is 7.20. The van der Waals surface area contributed by atoms with Crippen molar-refractivity contribution >= 4 is 15.9 Å². The van der Waals surface area contributed by atoms with Gasteiger partial charge in [-0.3, -0.25) is 9.89 Å². The molecule has 7 nitrogen and oxygen atoms in total. The van der Waals surface area contributed by atoms with E-state index in [1.807, 2.05) is 0 Å². The average Bonchev–Trinajstić information content (AvgIpc) is 3.11. The first-order valence-corrected chi connectivity index (χ1v) is 8.74. The van der Waals surface area contributed by atoms with E-state index in [2.05, 4.69) is 29.4 Å². The minimum absolute atomic E-state index is 0.119. The first-order chi connectivity index (χ1) is 9.80. The van der Waals surface area contributed by atoms with E-state index in [9.17, 15) is 13.2 Å². The lowest BCUT2D eigenvalue weighted by Gasteiger charge is -2.06. The summed E-state index contributed by atoms with van der Waals surface area (Å²) in [5.41, 5.74) is 0.341. The van der Waals surface area contributed by atoms with E-state index < -0.39 is 15.9 Å². The zero-order chi connectivity index (χ0) is 15.6. The predicted octanol–water partition coefficient (Wildman–Crippen LogP) is 1.10. The molecule has 1 heterocycles. The van der Waals surface area contributed by atoms with Crippen LogP contribution in [-0.2, 0) is 10.0 Å². The lowest BCUT2D eigenvalue weighted by Crippen LogP contribution is -2.27. The fourth-order valence-electron chi connectivity index (χ4n) is 2.23. The smallest absolute Gasteiger partial charge is 0.273 e. The summed E-state index contributed by atoms with van der Waals surface area (Å²) >= 11 is 0. The van der Waals surface area contributed by atoms with Gasteiger partial charge in [0.05, 0.1) is 5.69 Å². The highest BCUT2D eigenvalue weighted by Gasteiger charge is 2.35. The number of nitrogens with one attached hydrogen (secondary N) is 2. The average molecular weight is 314 g/mol. The normalized spacial score (nSPS) is 15.4. The van der Waals surface area contributed by atoms with Crippen LogP contribution in [0.5, 0.6) is 0 Å². The standard InChI is InChI=1S/C13H22N4O3S/c1-8(2)4-3-7-15-13(18)11-12(21(14,19)20)10(16-17-11)9-5-6-9/h8-9H,3-7H2,1-2H3,(H,15,18)(H,16,17)(H2,14,19,20). The Balaban J connectivity index is 2.10. The van der Waals surface area contributed by atoms with Crippen molar-refractivity contribution < 1.29 is 13.2 Å². The molecular weight excluding hydrogens is 292 g/mol. The summed E-state index contributed by atoms with van der Waals surface area (Å²) in [5, 5.41) is 14.5. The molecule has 0 radical (unpaired) electrons. The molecule has 1 amide bonds. The quantitative estimate of drug-likeness (QED) is 0.653. The molecule has 1 saturated carbocycles. The van der Waals surface area contributed by atoms with Crippen molar-refractivity contribution in [3.05, 3.63) is 11.4 Å². The lowest BCUT2D eigenvalue weighted by molar-refractivity contribution is 0.0944. The molecule has 0 atom stereocenters. The molecule has 1 aliphatic rings. The Morgan fingerprint density at radius 2 is 2.14 bits per heavy atom. The largest absolute Gasteiger partial charge is 0.351 e. The van der Waals surface area contributed by atoms with Crippen LogP contribution in [0.15, 0.2) is 4.90 Å². The van der Waals surface area contributed by atoms with Gasteiger partial charge in [0.25, 0.3) is 5.91 Å². The zero-order valence-electron chi connectivity index (χ0n) is 12.3. The van der Waals surface area contributed by atoms with E-state index in [4.69, 9.17) is 5.14 Å². The van der Waals surface area contributed by atoms with Crippen molar-refractivity contribution in [2.75, 3.05) is 6.54 Å². The fourth-order valence-corrected chi connectivity index (χ4v) is 3.16. The molecule has 1 aromatic heterocycles. The van der Waals surface area contributed by atoms with Crippen LogP contribution in [0.25, 0.3) is 0 Å². The Bertz CT molecular complexity index is 617. The number of hydrogen-bond acceptors (Lipinski definition) is 4. The summed E-state index contributed by atoms with van der Waals surface area (Å²) in [4.78, 5) is 12.0.